The van der Waals surface area contributed by atoms with Crippen LogP contribution in [0.2, 0.25) is 0 Å². The van der Waals surface area contributed by atoms with Crippen LogP contribution in [-0.2, 0) is 22.3 Å². The highest BCUT2D eigenvalue weighted by Gasteiger charge is 2.32. The number of alkyl halides is 3. The number of nitrogens with zero attached hydrogens (tertiary/aromatic N) is 2. The molecule has 1 aliphatic heterocycles. The summed E-state index contributed by atoms with van der Waals surface area (Å²) in [5, 5.41) is 6.00. The zero-order valence-electron chi connectivity index (χ0n) is 18.1. The number of guanidine groups is 1. The summed E-state index contributed by atoms with van der Waals surface area (Å²) in [4.78, 5) is 18.0. The topological polar surface area (TPSA) is 66.0 Å². The molecule has 1 amide bonds. The first-order chi connectivity index (χ1) is 15.3. The largest absolute Gasteiger partial charge is 0.416 e. The molecule has 2 aromatic carbocycles. The summed E-state index contributed by atoms with van der Waals surface area (Å²) in [7, 11) is 0. The molecular formula is C23H27F3N4O2. The van der Waals surface area contributed by atoms with E-state index in [9.17, 15) is 18.0 Å². The molecule has 0 saturated carbocycles. The predicted octanol–water partition coefficient (Wildman–Crippen LogP) is 4.20. The number of aliphatic imine (C=N–C) groups is 1. The van der Waals surface area contributed by atoms with Gasteiger partial charge >= 0.3 is 6.18 Å². The first-order valence-electron chi connectivity index (χ1n) is 10.4. The third-order valence-electron chi connectivity index (χ3n) is 4.95. The van der Waals surface area contributed by atoms with Gasteiger partial charge in [0.15, 0.2) is 5.96 Å². The zero-order valence-corrected chi connectivity index (χ0v) is 18.1. The van der Waals surface area contributed by atoms with Crippen LogP contribution in [0.15, 0.2) is 53.5 Å². The van der Waals surface area contributed by atoms with E-state index in [-0.39, 0.29) is 5.91 Å². The normalized spacial score (nSPS) is 17.2. The molecule has 0 aliphatic carbocycles. The molecule has 1 atom stereocenters. The minimum absolute atomic E-state index is 0.145. The number of ether oxygens (including phenoxy) is 1. The summed E-state index contributed by atoms with van der Waals surface area (Å²) < 4.78 is 45.1. The van der Waals surface area contributed by atoms with Crippen molar-refractivity contribution in [2.45, 2.75) is 32.7 Å². The van der Waals surface area contributed by atoms with Crippen molar-refractivity contribution in [2.75, 3.05) is 31.6 Å². The number of amides is 1. The number of hydrogen-bond donors (Lipinski definition) is 2. The molecule has 1 heterocycles. The Kier molecular flexibility index (Phi) is 7.74. The second-order valence-electron chi connectivity index (χ2n) is 7.48. The summed E-state index contributed by atoms with van der Waals surface area (Å²) >= 11 is 0. The number of halogens is 3. The fourth-order valence-corrected chi connectivity index (χ4v) is 3.50. The highest BCUT2D eigenvalue weighted by molar-refractivity contribution is 5.88. The van der Waals surface area contributed by atoms with Crippen molar-refractivity contribution in [3.8, 4) is 0 Å². The number of carbonyl (C=O) groups excluding carboxylic acids is 1. The second-order valence-corrected chi connectivity index (χ2v) is 7.48. The number of benzene rings is 2. The first kappa shape index (κ1) is 23.6. The zero-order chi connectivity index (χ0) is 23.1. The van der Waals surface area contributed by atoms with E-state index in [2.05, 4.69) is 10.6 Å². The van der Waals surface area contributed by atoms with Crippen molar-refractivity contribution >= 4 is 17.6 Å². The molecular weight excluding hydrogens is 421 g/mol. The van der Waals surface area contributed by atoms with Crippen molar-refractivity contribution in [3.05, 3.63) is 65.2 Å². The molecule has 6 nitrogen and oxygen atoms in total. The number of anilines is 1. The van der Waals surface area contributed by atoms with Crippen LogP contribution in [0.3, 0.4) is 0 Å². The number of hydrogen-bond acceptors (Lipinski definition) is 3. The lowest BCUT2D eigenvalue weighted by Crippen LogP contribution is -2.48. The molecule has 0 spiro atoms. The van der Waals surface area contributed by atoms with E-state index in [0.717, 1.165) is 17.7 Å². The van der Waals surface area contributed by atoms with Gasteiger partial charge in [-0.1, -0.05) is 24.3 Å². The van der Waals surface area contributed by atoms with E-state index in [1.54, 1.807) is 12.1 Å². The van der Waals surface area contributed by atoms with E-state index in [1.807, 2.05) is 30.0 Å². The van der Waals surface area contributed by atoms with Crippen molar-refractivity contribution < 1.29 is 22.7 Å². The maximum atomic E-state index is 13.1. The minimum Gasteiger partial charge on any atom is -0.370 e. The highest BCUT2D eigenvalue weighted by atomic mass is 19.4. The second kappa shape index (κ2) is 10.5. The summed E-state index contributed by atoms with van der Waals surface area (Å²) in [6.45, 7) is 5.79. The monoisotopic (exact) mass is 448 g/mol. The van der Waals surface area contributed by atoms with Gasteiger partial charge in [0.25, 0.3) is 0 Å². The standard InChI is InChI=1S/C23H27F3N4O2/c1-3-27-22(28-14-17-6-4-9-20(12-17)29-16(2)31)30-10-11-32-21(15-30)18-7-5-8-19(13-18)23(24,25)26/h4-9,12-13,21H,3,10-11,14-15H2,1-2H3,(H,27,28)(H,29,31). The number of rotatable bonds is 5. The third kappa shape index (κ3) is 6.46. The molecule has 0 aromatic heterocycles. The molecule has 0 radical (unpaired) electrons. The lowest BCUT2D eigenvalue weighted by atomic mass is 10.0. The van der Waals surface area contributed by atoms with Crippen molar-refractivity contribution in [1.29, 1.82) is 0 Å². The molecule has 1 unspecified atom stereocenters. The maximum absolute atomic E-state index is 13.1. The molecule has 3 rings (SSSR count). The van der Waals surface area contributed by atoms with Crippen LogP contribution < -0.4 is 10.6 Å². The Hall–Kier alpha value is -3.07. The quantitative estimate of drug-likeness (QED) is 0.532. The summed E-state index contributed by atoms with van der Waals surface area (Å²) in [5.41, 5.74) is 1.43. The van der Waals surface area contributed by atoms with Gasteiger partial charge in [0, 0.05) is 25.7 Å². The van der Waals surface area contributed by atoms with Gasteiger partial charge in [0.1, 0.15) is 6.10 Å². The predicted molar refractivity (Wildman–Crippen MR) is 117 cm³/mol. The van der Waals surface area contributed by atoms with Gasteiger partial charge in [0.05, 0.1) is 25.3 Å². The van der Waals surface area contributed by atoms with Crippen molar-refractivity contribution in [1.82, 2.24) is 10.2 Å². The Morgan fingerprint density at radius 3 is 2.72 bits per heavy atom. The average Bonchev–Trinajstić information content (AvgIpc) is 2.76. The number of morpholine rings is 1. The lowest BCUT2D eigenvalue weighted by Gasteiger charge is -2.35. The van der Waals surface area contributed by atoms with Gasteiger partial charge in [-0.05, 0) is 42.3 Å². The van der Waals surface area contributed by atoms with Gasteiger partial charge in [-0.2, -0.15) is 13.2 Å². The SMILES string of the molecule is CCNC(=NCc1cccc(NC(C)=O)c1)N1CCOC(c2cccc(C(F)(F)F)c2)C1. The van der Waals surface area contributed by atoms with Crippen LogP contribution in [0.1, 0.15) is 36.6 Å². The van der Waals surface area contributed by atoms with Crippen molar-refractivity contribution in [2.24, 2.45) is 4.99 Å². The fourth-order valence-electron chi connectivity index (χ4n) is 3.50. The highest BCUT2D eigenvalue weighted by Crippen LogP contribution is 2.32. The van der Waals surface area contributed by atoms with Crippen molar-refractivity contribution in [3.63, 3.8) is 0 Å². The Labute approximate surface area is 185 Å². The average molecular weight is 448 g/mol. The lowest BCUT2D eigenvalue weighted by molar-refractivity contribution is -0.137. The molecule has 172 valence electrons. The Morgan fingerprint density at radius 2 is 2.00 bits per heavy atom. The van der Waals surface area contributed by atoms with Gasteiger partial charge in [-0.25, -0.2) is 4.99 Å². The Morgan fingerprint density at radius 1 is 1.22 bits per heavy atom. The van der Waals surface area contributed by atoms with Crippen LogP contribution >= 0.6 is 0 Å². The van der Waals surface area contributed by atoms with Crippen LogP contribution in [0, 0.1) is 0 Å². The Balaban J connectivity index is 1.74. The van der Waals surface area contributed by atoms with Gasteiger partial charge < -0.3 is 20.3 Å². The summed E-state index contributed by atoms with van der Waals surface area (Å²) in [6, 6.07) is 12.7. The van der Waals surface area contributed by atoms with Gasteiger partial charge in [-0.3, -0.25) is 4.79 Å². The van der Waals surface area contributed by atoms with E-state index in [0.29, 0.717) is 50.0 Å². The molecule has 1 fully saturated rings. The molecule has 32 heavy (non-hydrogen) atoms. The van der Waals surface area contributed by atoms with Crippen LogP contribution in [0.25, 0.3) is 0 Å². The van der Waals surface area contributed by atoms with E-state index < -0.39 is 17.8 Å². The molecule has 1 saturated heterocycles. The summed E-state index contributed by atoms with van der Waals surface area (Å²) in [6.07, 6.45) is -4.88. The van der Waals surface area contributed by atoms with Gasteiger partial charge in [0.2, 0.25) is 5.91 Å². The fraction of sp³-hybridized carbons (Fsp3) is 0.391. The first-order valence-corrected chi connectivity index (χ1v) is 10.4. The van der Waals surface area contributed by atoms with E-state index >= 15 is 0 Å². The minimum atomic E-state index is -4.40. The van der Waals surface area contributed by atoms with Crippen LogP contribution in [-0.4, -0.2) is 43.0 Å². The number of carbonyl (C=O) groups is 1. The molecule has 0 bridgehead atoms. The molecule has 2 N–H and O–H groups in total. The summed E-state index contributed by atoms with van der Waals surface area (Å²) in [5.74, 6) is 0.519. The Bertz CT molecular complexity index is 962. The molecule has 9 heteroatoms. The van der Waals surface area contributed by atoms with Crippen LogP contribution in [0.4, 0.5) is 18.9 Å². The van der Waals surface area contributed by atoms with E-state index in [1.165, 1.54) is 13.0 Å². The number of nitrogens with one attached hydrogen (secondary N) is 2. The third-order valence-corrected chi connectivity index (χ3v) is 4.95. The maximum Gasteiger partial charge on any atom is 0.416 e. The van der Waals surface area contributed by atoms with E-state index in [4.69, 9.17) is 9.73 Å². The smallest absolute Gasteiger partial charge is 0.370 e. The molecule has 1 aliphatic rings. The van der Waals surface area contributed by atoms with Gasteiger partial charge in [-0.15, -0.1) is 0 Å². The molecule has 2 aromatic rings. The van der Waals surface area contributed by atoms with Crippen LogP contribution in [0.5, 0.6) is 0 Å².